The van der Waals surface area contributed by atoms with E-state index in [0.717, 1.165) is 18.4 Å². The molecule has 1 aliphatic rings. The van der Waals surface area contributed by atoms with Crippen LogP contribution in [0.3, 0.4) is 0 Å². The fourth-order valence-corrected chi connectivity index (χ4v) is 4.65. The molecular weight excluding hydrogens is 352 g/mol. The highest BCUT2D eigenvalue weighted by molar-refractivity contribution is 7.92. The molecule has 0 spiro atoms. The molecule has 0 unspecified atom stereocenters. The van der Waals surface area contributed by atoms with Crippen LogP contribution in [-0.2, 0) is 21.2 Å². The third-order valence-corrected chi connectivity index (χ3v) is 6.14. The minimum absolute atomic E-state index is 0.141. The maximum Gasteiger partial charge on any atom is 0.248 e. The summed E-state index contributed by atoms with van der Waals surface area (Å²) in [5.74, 6) is 0.470. The zero-order valence-corrected chi connectivity index (χ0v) is 15.5. The van der Waals surface area contributed by atoms with Crippen molar-refractivity contribution in [2.75, 3.05) is 21.9 Å². The Balaban J connectivity index is 1.75. The molecule has 3 rings (SSSR count). The smallest absolute Gasteiger partial charge is 0.248 e. The second kappa shape index (κ2) is 7.78. The molecule has 0 atom stereocenters. The Morgan fingerprint density at radius 1 is 1.35 bits per heavy atom. The van der Waals surface area contributed by atoms with E-state index in [0.29, 0.717) is 30.1 Å². The van der Waals surface area contributed by atoms with Crippen molar-refractivity contribution in [2.24, 2.45) is 0 Å². The Morgan fingerprint density at radius 2 is 2.19 bits per heavy atom. The number of carbonyl (C=O) groups is 1. The zero-order chi connectivity index (χ0) is 18.6. The highest BCUT2D eigenvalue weighted by atomic mass is 32.2. The lowest BCUT2D eigenvalue weighted by molar-refractivity contribution is -0.111. The molecule has 1 amide bonds. The number of nitrogens with one attached hydrogen (secondary N) is 1. The van der Waals surface area contributed by atoms with Crippen LogP contribution in [0.4, 0.5) is 11.4 Å². The van der Waals surface area contributed by atoms with Crippen molar-refractivity contribution in [3.63, 3.8) is 0 Å². The monoisotopic (exact) mass is 374 g/mol. The van der Waals surface area contributed by atoms with Crippen LogP contribution in [0, 0.1) is 0 Å². The van der Waals surface area contributed by atoms with Gasteiger partial charge in [-0.15, -0.1) is 0 Å². The van der Waals surface area contributed by atoms with Gasteiger partial charge >= 0.3 is 0 Å². The highest BCUT2D eigenvalue weighted by Crippen LogP contribution is 2.32. The van der Waals surface area contributed by atoms with Crippen LogP contribution in [-0.4, -0.2) is 26.6 Å². The largest absolute Gasteiger partial charge is 0.465 e. The van der Waals surface area contributed by atoms with Gasteiger partial charge in [0.15, 0.2) is 0 Å². The van der Waals surface area contributed by atoms with Crippen LogP contribution < -0.4 is 9.62 Å². The molecule has 7 heteroatoms. The van der Waals surface area contributed by atoms with E-state index in [1.807, 2.05) is 13.0 Å². The lowest BCUT2D eigenvalue weighted by Gasteiger charge is -2.30. The van der Waals surface area contributed by atoms with Gasteiger partial charge in [0.05, 0.1) is 17.7 Å². The maximum atomic E-state index is 12.4. The van der Waals surface area contributed by atoms with E-state index < -0.39 is 10.0 Å². The second-order valence-electron chi connectivity index (χ2n) is 6.17. The predicted octanol–water partition coefficient (Wildman–Crippen LogP) is 3.42. The van der Waals surface area contributed by atoms with Gasteiger partial charge in [0, 0.05) is 18.3 Å². The first-order valence-corrected chi connectivity index (χ1v) is 10.3. The Bertz CT molecular complexity index is 902. The summed E-state index contributed by atoms with van der Waals surface area (Å²) in [6.45, 7) is 2.37. The number of hydrogen-bond acceptors (Lipinski definition) is 4. The normalized spacial score (nSPS) is 14.4. The molecule has 0 radical (unpaired) electrons. The molecule has 1 aromatic heterocycles. The van der Waals surface area contributed by atoms with Crippen LogP contribution in [0.25, 0.3) is 6.08 Å². The van der Waals surface area contributed by atoms with E-state index in [4.69, 9.17) is 4.42 Å². The lowest BCUT2D eigenvalue weighted by atomic mass is 10.0. The molecule has 138 valence electrons. The number of fused-ring (bicyclic) bond motifs is 1. The number of aryl methyl sites for hydroxylation is 1. The topological polar surface area (TPSA) is 79.6 Å². The van der Waals surface area contributed by atoms with E-state index in [1.54, 1.807) is 36.6 Å². The molecule has 0 bridgehead atoms. The average molecular weight is 374 g/mol. The molecule has 0 aliphatic carbocycles. The summed E-state index contributed by atoms with van der Waals surface area (Å²) in [6, 6.07) is 8.86. The number of furan rings is 1. The Kier molecular flexibility index (Phi) is 5.46. The van der Waals surface area contributed by atoms with Crippen LogP contribution in [0.2, 0.25) is 0 Å². The van der Waals surface area contributed by atoms with Crippen molar-refractivity contribution < 1.29 is 17.6 Å². The molecule has 1 aromatic carbocycles. The summed E-state index contributed by atoms with van der Waals surface area (Å²) < 4.78 is 31.5. The molecule has 2 heterocycles. The zero-order valence-electron chi connectivity index (χ0n) is 14.6. The van der Waals surface area contributed by atoms with Gasteiger partial charge in [-0.3, -0.25) is 9.10 Å². The highest BCUT2D eigenvalue weighted by Gasteiger charge is 2.26. The molecule has 0 fully saturated rings. The summed E-state index contributed by atoms with van der Waals surface area (Å²) in [6.07, 6.45) is 6.68. The van der Waals surface area contributed by atoms with E-state index in [2.05, 4.69) is 5.32 Å². The van der Waals surface area contributed by atoms with Crippen molar-refractivity contribution in [1.82, 2.24) is 0 Å². The summed E-state index contributed by atoms with van der Waals surface area (Å²) in [7, 11) is -3.29. The minimum atomic E-state index is -3.29. The number of rotatable bonds is 6. The van der Waals surface area contributed by atoms with E-state index in [1.165, 1.54) is 10.4 Å². The minimum Gasteiger partial charge on any atom is -0.465 e. The first-order chi connectivity index (χ1) is 12.5. The van der Waals surface area contributed by atoms with Crippen LogP contribution in [0.15, 0.2) is 47.1 Å². The van der Waals surface area contributed by atoms with Crippen molar-refractivity contribution in [3.05, 3.63) is 54.0 Å². The van der Waals surface area contributed by atoms with Crippen molar-refractivity contribution in [3.8, 4) is 0 Å². The molecule has 0 saturated carbocycles. The van der Waals surface area contributed by atoms with Gasteiger partial charge in [0.25, 0.3) is 0 Å². The predicted molar refractivity (Wildman–Crippen MR) is 103 cm³/mol. The summed E-state index contributed by atoms with van der Waals surface area (Å²) in [4.78, 5) is 12.0. The Morgan fingerprint density at radius 3 is 2.92 bits per heavy atom. The van der Waals surface area contributed by atoms with Gasteiger partial charge in [-0.2, -0.15) is 0 Å². The first-order valence-electron chi connectivity index (χ1n) is 8.65. The molecule has 1 aliphatic heterocycles. The maximum absolute atomic E-state index is 12.4. The molecule has 6 nitrogen and oxygen atoms in total. The number of hydrogen-bond donors (Lipinski definition) is 1. The average Bonchev–Trinajstić information content (AvgIpc) is 3.13. The second-order valence-corrected chi connectivity index (χ2v) is 8.19. The molecule has 0 saturated heterocycles. The molecular formula is C19H22N2O4S. The van der Waals surface area contributed by atoms with Crippen LogP contribution in [0.1, 0.15) is 31.1 Å². The molecule has 26 heavy (non-hydrogen) atoms. The lowest BCUT2D eigenvalue weighted by Crippen LogP contribution is -2.37. The Hall–Kier alpha value is -2.54. The number of amides is 1. The van der Waals surface area contributed by atoms with E-state index >= 15 is 0 Å². The van der Waals surface area contributed by atoms with Gasteiger partial charge in [-0.05, 0) is 61.2 Å². The van der Waals surface area contributed by atoms with Gasteiger partial charge in [0.2, 0.25) is 15.9 Å². The third kappa shape index (κ3) is 4.16. The van der Waals surface area contributed by atoms with Crippen LogP contribution in [0.5, 0.6) is 0 Å². The van der Waals surface area contributed by atoms with E-state index in [9.17, 15) is 13.2 Å². The number of anilines is 2. The van der Waals surface area contributed by atoms with Gasteiger partial charge in [0.1, 0.15) is 5.76 Å². The number of benzene rings is 1. The molecule has 2 aromatic rings. The summed E-state index contributed by atoms with van der Waals surface area (Å²) in [5.41, 5.74) is 2.30. The van der Waals surface area contributed by atoms with Gasteiger partial charge in [-0.25, -0.2) is 8.42 Å². The fraction of sp³-hybridized carbons (Fsp3) is 0.316. The van der Waals surface area contributed by atoms with Crippen molar-refractivity contribution in [2.45, 2.75) is 26.2 Å². The van der Waals surface area contributed by atoms with Crippen LogP contribution >= 0.6 is 0 Å². The summed E-state index contributed by atoms with van der Waals surface area (Å²) in [5, 5.41) is 2.80. The van der Waals surface area contributed by atoms with Crippen molar-refractivity contribution >= 4 is 33.4 Å². The number of carbonyl (C=O) groups excluding carboxylic acids is 1. The number of sulfonamides is 1. The first kappa shape index (κ1) is 18.3. The quantitative estimate of drug-likeness (QED) is 0.786. The summed E-state index contributed by atoms with van der Waals surface area (Å²) >= 11 is 0. The Labute approximate surface area is 153 Å². The number of nitrogens with zero attached hydrogens (tertiary/aromatic N) is 1. The van der Waals surface area contributed by atoms with E-state index in [-0.39, 0.29) is 11.7 Å². The SMILES string of the molecule is CCCS(=O)(=O)N1CCCc2cc(NC(=O)/C=C/c3ccco3)ccc21. The third-order valence-electron chi connectivity index (χ3n) is 4.16. The molecule has 1 N–H and O–H groups in total. The van der Waals surface area contributed by atoms with Gasteiger partial charge in [-0.1, -0.05) is 6.92 Å². The van der Waals surface area contributed by atoms with Crippen molar-refractivity contribution in [1.29, 1.82) is 0 Å². The fourth-order valence-electron chi connectivity index (χ4n) is 3.03. The standard InChI is InChI=1S/C19H22N2O4S/c1-2-13-26(23,24)21-11-3-5-15-14-16(7-9-18(15)21)20-19(22)10-8-17-6-4-12-25-17/h4,6-10,12,14H,2-3,5,11,13H2,1H3,(H,20,22)/b10-8+. The van der Waals surface area contributed by atoms with Gasteiger partial charge < -0.3 is 9.73 Å².